The van der Waals surface area contributed by atoms with Crippen molar-refractivity contribution in [2.75, 3.05) is 6.54 Å². The van der Waals surface area contributed by atoms with Crippen molar-refractivity contribution in [3.05, 3.63) is 34.5 Å². The van der Waals surface area contributed by atoms with E-state index in [2.05, 4.69) is 22.3 Å². The minimum atomic E-state index is -0.0133. The first-order valence-electron chi connectivity index (χ1n) is 7.53. The molecule has 0 unspecified atom stereocenters. The van der Waals surface area contributed by atoms with E-state index < -0.39 is 0 Å². The average Bonchev–Trinajstić information content (AvgIpc) is 3.13. The van der Waals surface area contributed by atoms with Crippen molar-refractivity contribution in [1.29, 1.82) is 0 Å². The van der Waals surface area contributed by atoms with Crippen LogP contribution in [0.4, 0.5) is 0 Å². The zero-order valence-corrected chi connectivity index (χ0v) is 12.1. The molecule has 1 amide bonds. The van der Waals surface area contributed by atoms with Crippen molar-refractivity contribution in [1.82, 2.24) is 20.3 Å². The van der Waals surface area contributed by atoms with Crippen molar-refractivity contribution < 1.29 is 9.32 Å². The van der Waals surface area contributed by atoms with Gasteiger partial charge in [-0.2, -0.15) is 5.10 Å². The van der Waals surface area contributed by atoms with Crippen molar-refractivity contribution >= 4 is 5.91 Å². The van der Waals surface area contributed by atoms with E-state index in [0.717, 1.165) is 48.3 Å². The number of hydrogen-bond acceptors (Lipinski definition) is 4. The minimum Gasteiger partial charge on any atom is -0.360 e. The summed E-state index contributed by atoms with van der Waals surface area (Å²) in [4.78, 5) is 14.6. The quantitative estimate of drug-likeness (QED) is 0.870. The molecule has 6 heteroatoms. The van der Waals surface area contributed by atoms with Crippen molar-refractivity contribution in [2.24, 2.45) is 0 Å². The summed E-state index contributed by atoms with van der Waals surface area (Å²) in [6.07, 6.45) is 5.84. The van der Waals surface area contributed by atoms with Crippen LogP contribution in [0.1, 0.15) is 58.8 Å². The van der Waals surface area contributed by atoms with Gasteiger partial charge in [-0.25, -0.2) is 0 Å². The average molecular weight is 286 g/mol. The first-order valence-corrected chi connectivity index (χ1v) is 7.53. The maximum atomic E-state index is 12.8. The number of carbonyl (C=O) groups excluding carboxylic acids is 1. The molecule has 0 spiro atoms. The van der Waals surface area contributed by atoms with Crippen molar-refractivity contribution in [3.63, 3.8) is 0 Å². The Kier molecular flexibility index (Phi) is 2.83. The van der Waals surface area contributed by atoms with Gasteiger partial charge in [0.25, 0.3) is 5.91 Å². The molecule has 0 radical (unpaired) electrons. The highest BCUT2D eigenvalue weighted by atomic mass is 16.5. The highest BCUT2D eigenvalue weighted by molar-refractivity contribution is 5.94. The zero-order chi connectivity index (χ0) is 14.4. The second kappa shape index (κ2) is 4.72. The Morgan fingerprint density at radius 3 is 3.19 bits per heavy atom. The molecule has 0 fully saturated rings. The summed E-state index contributed by atoms with van der Waals surface area (Å²) in [6.45, 7) is 3.39. The first-order chi connectivity index (χ1) is 10.2. The van der Waals surface area contributed by atoms with Crippen LogP contribution in [0.5, 0.6) is 0 Å². The molecule has 4 rings (SSSR count). The van der Waals surface area contributed by atoms with Crippen molar-refractivity contribution in [2.45, 2.75) is 45.1 Å². The number of carbonyl (C=O) groups is 1. The summed E-state index contributed by atoms with van der Waals surface area (Å²) in [5.41, 5.74) is 3.78. The Morgan fingerprint density at radius 1 is 1.43 bits per heavy atom. The monoisotopic (exact) mass is 286 g/mol. The number of fused-ring (bicyclic) bond motifs is 2. The lowest BCUT2D eigenvalue weighted by atomic mass is 9.95. The summed E-state index contributed by atoms with van der Waals surface area (Å²) in [5.74, 6) is 1.15. The molecule has 0 saturated heterocycles. The maximum absolute atomic E-state index is 12.8. The molecule has 1 aliphatic heterocycles. The normalized spacial score (nSPS) is 21.0. The fraction of sp³-hybridized carbons (Fsp3) is 0.533. The molecule has 0 bridgehead atoms. The molecule has 0 aromatic carbocycles. The number of aromatic amines is 1. The zero-order valence-electron chi connectivity index (χ0n) is 12.1. The molecular formula is C15H18N4O2. The van der Waals surface area contributed by atoms with Gasteiger partial charge in [0, 0.05) is 42.2 Å². The van der Waals surface area contributed by atoms with Gasteiger partial charge >= 0.3 is 0 Å². The van der Waals surface area contributed by atoms with Gasteiger partial charge in [-0.15, -0.1) is 0 Å². The molecule has 6 nitrogen and oxygen atoms in total. The molecule has 1 aliphatic carbocycles. The number of nitrogens with zero attached hydrogens (tertiary/aromatic N) is 3. The lowest BCUT2D eigenvalue weighted by Gasteiger charge is -2.30. The maximum Gasteiger partial charge on any atom is 0.276 e. The summed E-state index contributed by atoms with van der Waals surface area (Å²) in [6, 6.07) is 0. The molecule has 2 aromatic rings. The van der Waals surface area contributed by atoms with Crippen LogP contribution >= 0.6 is 0 Å². The second-order valence-electron chi connectivity index (χ2n) is 6.04. The van der Waals surface area contributed by atoms with E-state index in [9.17, 15) is 4.79 Å². The van der Waals surface area contributed by atoms with Crippen molar-refractivity contribution in [3.8, 4) is 0 Å². The van der Waals surface area contributed by atoms with Crippen LogP contribution in [-0.4, -0.2) is 32.7 Å². The Balaban J connectivity index is 1.63. The van der Waals surface area contributed by atoms with Gasteiger partial charge in [0.15, 0.2) is 5.69 Å². The van der Waals surface area contributed by atoms with Gasteiger partial charge in [-0.1, -0.05) is 12.1 Å². The number of nitrogens with one attached hydrogen (secondary N) is 1. The summed E-state index contributed by atoms with van der Waals surface area (Å²) in [5, 5.41) is 11.2. The van der Waals surface area contributed by atoms with Gasteiger partial charge in [0.2, 0.25) is 0 Å². The summed E-state index contributed by atoms with van der Waals surface area (Å²) < 4.78 is 5.36. The highest BCUT2D eigenvalue weighted by Crippen LogP contribution is 2.29. The fourth-order valence-corrected chi connectivity index (χ4v) is 3.42. The minimum absolute atomic E-state index is 0.0133. The van der Waals surface area contributed by atoms with Crippen LogP contribution in [0.25, 0.3) is 0 Å². The fourth-order valence-electron chi connectivity index (χ4n) is 3.42. The van der Waals surface area contributed by atoms with Crippen LogP contribution in [-0.2, 0) is 19.4 Å². The Morgan fingerprint density at radius 2 is 2.29 bits per heavy atom. The molecule has 2 aromatic heterocycles. The van der Waals surface area contributed by atoms with E-state index in [4.69, 9.17) is 4.52 Å². The van der Waals surface area contributed by atoms with E-state index in [1.807, 2.05) is 11.1 Å². The highest BCUT2D eigenvalue weighted by Gasteiger charge is 2.32. The molecule has 0 saturated carbocycles. The van der Waals surface area contributed by atoms with Gasteiger partial charge < -0.3 is 9.42 Å². The molecule has 2 aliphatic rings. The number of rotatable bonds is 1. The number of aryl methyl sites for hydroxylation is 1. The predicted molar refractivity (Wildman–Crippen MR) is 74.9 cm³/mol. The van der Waals surface area contributed by atoms with Gasteiger partial charge in [0.1, 0.15) is 5.76 Å². The Hall–Kier alpha value is -2.11. The van der Waals surface area contributed by atoms with Gasteiger partial charge in [-0.3, -0.25) is 9.89 Å². The van der Waals surface area contributed by atoms with E-state index in [-0.39, 0.29) is 11.8 Å². The number of hydrogen-bond donors (Lipinski definition) is 1. The van der Waals surface area contributed by atoms with Crippen LogP contribution in [0.2, 0.25) is 0 Å². The van der Waals surface area contributed by atoms with Gasteiger partial charge in [-0.05, 0) is 19.3 Å². The molecule has 1 atom stereocenters. The van der Waals surface area contributed by atoms with E-state index in [1.54, 1.807) is 0 Å². The summed E-state index contributed by atoms with van der Waals surface area (Å²) in [7, 11) is 0. The van der Waals surface area contributed by atoms with Crippen LogP contribution in [0, 0.1) is 0 Å². The standard InChI is InChI=1S/C15H18N4O2/c1-9-7-19(8-10-6-16-17-13(9)10)15(20)14-11-4-2-3-5-12(11)21-18-14/h6,9H,2-5,7-8H2,1H3,(H,16,17)/t9-/m1/s1. The third-order valence-electron chi connectivity index (χ3n) is 4.54. The second-order valence-corrected chi connectivity index (χ2v) is 6.04. The van der Waals surface area contributed by atoms with Gasteiger partial charge in [0.05, 0.1) is 6.20 Å². The van der Waals surface area contributed by atoms with E-state index in [0.29, 0.717) is 18.8 Å². The predicted octanol–water partition coefficient (Wildman–Crippen LogP) is 2.04. The smallest absolute Gasteiger partial charge is 0.276 e. The largest absolute Gasteiger partial charge is 0.360 e. The molecule has 1 N–H and O–H groups in total. The van der Waals surface area contributed by atoms with E-state index in [1.165, 1.54) is 0 Å². The molecule has 21 heavy (non-hydrogen) atoms. The van der Waals surface area contributed by atoms with Crippen LogP contribution in [0.3, 0.4) is 0 Å². The molecule has 110 valence electrons. The van der Waals surface area contributed by atoms with Crippen LogP contribution < -0.4 is 0 Å². The SMILES string of the molecule is C[C@@H]1CN(C(=O)c2noc3c2CCCC3)Cc2cn[nH]c21. The Bertz CT molecular complexity index is 688. The third-order valence-corrected chi connectivity index (χ3v) is 4.54. The number of H-pyrrole nitrogens is 1. The third kappa shape index (κ3) is 1.97. The number of aromatic nitrogens is 3. The molecular weight excluding hydrogens is 268 g/mol. The lowest BCUT2D eigenvalue weighted by Crippen LogP contribution is -2.38. The lowest BCUT2D eigenvalue weighted by molar-refractivity contribution is 0.0708. The Labute approximate surface area is 122 Å². The topological polar surface area (TPSA) is 75.0 Å². The van der Waals surface area contributed by atoms with E-state index >= 15 is 0 Å². The summed E-state index contributed by atoms with van der Waals surface area (Å²) >= 11 is 0. The first kappa shape index (κ1) is 12.6. The van der Waals surface area contributed by atoms with Crippen LogP contribution in [0.15, 0.2) is 10.7 Å². The number of amides is 1. The molecule has 3 heterocycles.